The maximum absolute atomic E-state index is 10.2. The Morgan fingerprint density at radius 1 is 1.13 bits per heavy atom. The summed E-state index contributed by atoms with van der Waals surface area (Å²) in [7, 11) is 6.32. The number of quaternary nitrogens is 1. The van der Waals surface area contributed by atoms with Gasteiger partial charge in [-0.25, -0.2) is 0 Å². The Morgan fingerprint density at radius 3 is 2.60 bits per heavy atom. The lowest BCUT2D eigenvalue weighted by Crippen LogP contribution is -3.00. The Morgan fingerprint density at radius 2 is 1.90 bits per heavy atom. The molecule has 0 saturated heterocycles. The van der Waals surface area contributed by atoms with Gasteiger partial charge < -0.3 is 47.8 Å². The van der Waals surface area contributed by atoms with Crippen LogP contribution in [0.4, 0.5) is 0 Å². The van der Waals surface area contributed by atoms with E-state index in [4.69, 9.17) is 14.2 Å². The average Bonchev–Trinajstić information content (AvgIpc) is 3.19. The monoisotopic (exact) mass is 525 g/mol. The molecule has 0 fully saturated rings. The lowest BCUT2D eigenvalue weighted by atomic mass is 9.84. The van der Waals surface area contributed by atoms with Crippen LogP contribution in [0.1, 0.15) is 47.6 Å². The molecule has 0 amide bonds. The minimum absolute atomic E-state index is 0. The first-order valence-electron chi connectivity index (χ1n) is 10.5. The predicted molar refractivity (Wildman–Crippen MR) is 112 cm³/mol. The van der Waals surface area contributed by atoms with Gasteiger partial charge >= 0.3 is 0 Å². The minimum atomic E-state index is -0.00276. The van der Waals surface area contributed by atoms with Gasteiger partial charge in [0.25, 0.3) is 0 Å². The highest BCUT2D eigenvalue weighted by atomic mass is 127. The van der Waals surface area contributed by atoms with E-state index in [0.29, 0.717) is 6.04 Å². The second kappa shape index (κ2) is 9.75. The van der Waals surface area contributed by atoms with E-state index in [0.717, 1.165) is 65.9 Å². The molecule has 2 aromatic rings. The molecule has 5 nitrogen and oxygen atoms in total. The molecule has 0 bridgehead atoms. The van der Waals surface area contributed by atoms with E-state index in [-0.39, 0.29) is 37.4 Å². The molecule has 0 saturated carbocycles. The fourth-order valence-electron chi connectivity index (χ4n) is 4.83. The number of aliphatic hydroxyl groups is 1. The number of benzene rings is 2. The number of methoxy groups -OCH3 is 1. The third kappa shape index (κ3) is 4.55. The maximum atomic E-state index is 10.2. The Hall–Kier alpha value is -1.51. The third-order valence-corrected chi connectivity index (χ3v) is 6.54. The van der Waals surface area contributed by atoms with Crippen LogP contribution in [0.2, 0.25) is 0 Å². The van der Waals surface area contributed by atoms with Gasteiger partial charge in [-0.2, -0.15) is 0 Å². The normalized spacial score (nSPS) is 18.5. The summed E-state index contributed by atoms with van der Waals surface area (Å²) in [5.74, 6) is 2.44. The molecule has 6 heteroatoms. The van der Waals surface area contributed by atoms with Gasteiger partial charge in [0, 0.05) is 24.0 Å². The van der Waals surface area contributed by atoms with Gasteiger partial charge in [-0.15, -0.1) is 0 Å². The average molecular weight is 525 g/mol. The number of ether oxygens (including phenoxy) is 3. The van der Waals surface area contributed by atoms with Gasteiger partial charge in [0.2, 0.25) is 6.79 Å². The van der Waals surface area contributed by atoms with Crippen LogP contribution in [0, 0.1) is 0 Å². The van der Waals surface area contributed by atoms with Crippen LogP contribution in [-0.4, -0.2) is 44.1 Å². The van der Waals surface area contributed by atoms with Crippen LogP contribution < -0.4 is 38.2 Å². The summed E-state index contributed by atoms with van der Waals surface area (Å²) in [4.78, 5) is 0. The molecule has 2 heterocycles. The first-order chi connectivity index (χ1) is 14.0. The Balaban J connectivity index is 0.00000256. The van der Waals surface area contributed by atoms with Crippen molar-refractivity contribution in [3.63, 3.8) is 0 Å². The molecular formula is C24H32INO4. The van der Waals surface area contributed by atoms with Crippen LogP contribution in [0.15, 0.2) is 30.3 Å². The fourth-order valence-corrected chi connectivity index (χ4v) is 4.83. The predicted octanol–water partition coefficient (Wildman–Crippen LogP) is 1.01. The number of fused-ring (bicyclic) bond motifs is 2. The van der Waals surface area contributed by atoms with E-state index in [1.54, 1.807) is 7.11 Å². The van der Waals surface area contributed by atoms with Crippen molar-refractivity contribution in [3.05, 3.63) is 52.6 Å². The SMILES string of the molecule is COc1ccc(CCCCC2c3c(cc4c(c3CO)OCO4)CC[N+]2(C)C)cc1.[I-]. The van der Waals surface area contributed by atoms with Crippen molar-refractivity contribution < 1.29 is 47.8 Å². The molecule has 0 spiro atoms. The summed E-state index contributed by atoms with van der Waals surface area (Å²) in [6.07, 6.45) is 5.48. The largest absolute Gasteiger partial charge is 1.00 e. The smallest absolute Gasteiger partial charge is 0.231 e. The number of halogens is 1. The maximum Gasteiger partial charge on any atom is 0.231 e. The fraction of sp³-hybridized carbons (Fsp3) is 0.500. The van der Waals surface area contributed by atoms with Crippen LogP contribution in [0.5, 0.6) is 17.2 Å². The lowest BCUT2D eigenvalue weighted by Gasteiger charge is -2.43. The Kier molecular flexibility index (Phi) is 7.52. The zero-order chi connectivity index (χ0) is 20.4. The quantitative estimate of drug-likeness (QED) is 0.333. The van der Waals surface area contributed by atoms with Crippen molar-refractivity contribution in [1.82, 2.24) is 0 Å². The molecule has 2 aromatic carbocycles. The van der Waals surface area contributed by atoms with Gasteiger partial charge in [-0.05, 0) is 48.6 Å². The van der Waals surface area contributed by atoms with Crippen molar-refractivity contribution in [2.45, 2.75) is 44.8 Å². The zero-order valence-electron chi connectivity index (χ0n) is 18.1. The topological polar surface area (TPSA) is 47.9 Å². The van der Waals surface area contributed by atoms with E-state index in [9.17, 15) is 5.11 Å². The minimum Gasteiger partial charge on any atom is -1.00 e. The molecule has 30 heavy (non-hydrogen) atoms. The second-order valence-electron chi connectivity index (χ2n) is 8.68. The molecule has 1 unspecified atom stereocenters. The van der Waals surface area contributed by atoms with Crippen LogP contribution in [0.3, 0.4) is 0 Å². The number of nitrogens with zero attached hydrogens (tertiary/aromatic N) is 1. The molecular weight excluding hydrogens is 493 g/mol. The van der Waals surface area contributed by atoms with Crippen molar-refractivity contribution in [1.29, 1.82) is 0 Å². The second-order valence-corrected chi connectivity index (χ2v) is 8.68. The molecule has 2 aliphatic heterocycles. The van der Waals surface area contributed by atoms with Crippen LogP contribution in [-0.2, 0) is 19.4 Å². The molecule has 164 valence electrons. The van der Waals surface area contributed by atoms with Gasteiger partial charge in [-0.3, -0.25) is 0 Å². The van der Waals surface area contributed by atoms with Gasteiger partial charge in [-0.1, -0.05) is 12.1 Å². The first kappa shape index (κ1) is 23.2. The zero-order valence-corrected chi connectivity index (χ0v) is 20.3. The van der Waals surface area contributed by atoms with Crippen molar-refractivity contribution >= 4 is 0 Å². The standard InChI is InChI=1S/C24H32NO4.HI/c1-25(2)13-12-18-14-22-24(29-16-28-22)20(15-26)23(18)21(25)7-5-4-6-17-8-10-19(27-3)11-9-17;/h8-11,14,21,26H,4-7,12-13,15-16H2,1-3H3;1H/q+1;/p-1. The van der Waals surface area contributed by atoms with E-state index < -0.39 is 0 Å². The Labute approximate surface area is 196 Å². The van der Waals surface area contributed by atoms with Crippen molar-refractivity contribution in [3.8, 4) is 17.2 Å². The summed E-state index contributed by atoms with van der Waals surface area (Å²) in [5, 5.41) is 10.2. The summed E-state index contributed by atoms with van der Waals surface area (Å²) < 4.78 is 17.5. The van der Waals surface area contributed by atoms with Crippen LogP contribution >= 0.6 is 0 Å². The first-order valence-corrected chi connectivity index (χ1v) is 10.5. The molecule has 1 atom stereocenters. The van der Waals surface area contributed by atoms with E-state index in [1.807, 2.05) is 12.1 Å². The lowest BCUT2D eigenvalue weighted by molar-refractivity contribution is -0.923. The van der Waals surface area contributed by atoms with Crippen molar-refractivity contribution in [2.24, 2.45) is 0 Å². The number of hydrogen-bond donors (Lipinski definition) is 1. The molecule has 1 N–H and O–H groups in total. The number of rotatable bonds is 7. The number of aryl methyl sites for hydroxylation is 1. The number of unbranched alkanes of at least 4 members (excludes halogenated alkanes) is 1. The van der Waals surface area contributed by atoms with Gasteiger partial charge in [0.15, 0.2) is 11.5 Å². The number of likely N-dealkylation sites (N-methyl/N-ethyl adjacent to an activating group) is 1. The van der Waals surface area contributed by atoms with E-state index in [1.165, 1.54) is 16.7 Å². The molecule has 0 aromatic heterocycles. The summed E-state index contributed by atoms with van der Waals surface area (Å²) >= 11 is 0. The van der Waals surface area contributed by atoms with E-state index in [2.05, 4.69) is 32.3 Å². The number of aliphatic hydroxyl groups excluding tert-OH is 1. The molecule has 2 aliphatic rings. The summed E-state index contributed by atoms with van der Waals surface area (Å²) in [5.41, 5.74) is 4.89. The van der Waals surface area contributed by atoms with Gasteiger partial charge in [0.05, 0.1) is 34.4 Å². The Bertz CT molecular complexity index is 866. The van der Waals surface area contributed by atoms with Crippen LogP contribution in [0.25, 0.3) is 0 Å². The van der Waals surface area contributed by atoms with Gasteiger partial charge in [0.1, 0.15) is 11.8 Å². The highest BCUT2D eigenvalue weighted by molar-refractivity contribution is 5.56. The number of hydrogen-bond acceptors (Lipinski definition) is 4. The molecule has 0 aliphatic carbocycles. The third-order valence-electron chi connectivity index (χ3n) is 6.54. The highest BCUT2D eigenvalue weighted by Crippen LogP contribution is 2.47. The van der Waals surface area contributed by atoms with E-state index >= 15 is 0 Å². The summed E-state index contributed by atoms with van der Waals surface area (Å²) in [6.45, 7) is 1.34. The highest BCUT2D eigenvalue weighted by Gasteiger charge is 2.39. The van der Waals surface area contributed by atoms with Crippen molar-refractivity contribution in [2.75, 3.05) is 34.5 Å². The summed E-state index contributed by atoms with van der Waals surface area (Å²) in [6, 6.07) is 10.9. The molecule has 4 rings (SSSR count). The molecule has 0 radical (unpaired) electrons.